The van der Waals surface area contributed by atoms with Crippen molar-refractivity contribution in [2.24, 2.45) is 0 Å². The predicted molar refractivity (Wildman–Crippen MR) is 44.1 cm³/mol. The van der Waals surface area contributed by atoms with E-state index in [1.165, 1.54) is 6.08 Å². The van der Waals surface area contributed by atoms with Crippen molar-refractivity contribution in [3.05, 3.63) is 12.7 Å². The number of hydrogen-bond acceptors (Lipinski definition) is 3. The molecule has 2 nitrogen and oxygen atoms in total. The maximum atomic E-state index is 10.5. The highest BCUT2D eigenvalue weighted by Gasteiger charge is 2.01. The van der Waals surface area contributed by atoms with E-state index in [2.05, 4.69) is 6.58 Å². The third-order valence-electron chi connectivity index (χ3n) is 1.03. The van der Waals surface area contributed by atoms with E-state index in [1.54, 1.807) is 11.8 Å². The highest BCUT2D eigenvalue weighted by Crippen LogP contribution is 2.04. The Hall–Kier alpha value is -0.440. The number of rotatable bonds is 4. The quantitative estimate of drug-likeness (QED) is 0.460. The zero-order valence-electron chi connectivity index (χ0n) is 6.29. The molecule has 0 aromatic rings. The summed E-state index contributed by atoms with van der Waals surface area (Å²) in [6.45, 7) is 5.75. The maximum absolute atomic E-state index is 10.5. The molecular weight excluding hydrogens is 148 g/mol. The van der Waals surface area contributed by atoms with Crippen LogP contribution >= 0.6 is 11.8 Å². The Morgan fingerprint density at radius 1 is 1.90 bits per heavy atom. The van der Waals surface area contributed by atoms with Crippen LogP contribution in [0.1, 0.15) is 6.92 Å². The summed E-state index contributed by atoms with van der Waals surface area (Å²) in [6, 6.07) is 0. The van der Waals surface area contributed by atoms with Gasteiger partial charge in [-0.3, -0.25) is 0 Å². The Kier molecular flexibility index (Phi) is 5.12. The van der Waals surface area contributed by atoms with Gasteiger partial charge in [-0.1, -0.05) is 13.5 Å². The first kappa shape index (κ1) is 9.56. The summed E-state index contributed by atoms with van der Waals surface area (Å²) in [4.78, 5) is 10.5. The number of thioether (sulfide) groups is 1. The fourth-order valence-electron chi connectivity index (χ4n) is 0.326. The number of hydrogen-bond donors (Lipinski definition) is 0. The lowest BCUT2D eigenvalue weighted by atomic mass is 10.5. The van der Waals surface area contributed by atoms with Gasteiger partial charge in [0.1, 0.15) is 6.61 Å². The summed E-state index contributed by atoms with van der Waals surface area (Å²) >= 11 is 1.67. The molecule has 1 atom stereocenters. The van der Waals surface area contributed by atoms with Crippen LogP contribution in [0.15, 0.2) is 12.7 Å². The molecule has 0 fully saturated rings. The molecule has 0 radical (unpaired) electrons. The smallest absolute Gasteiger partial charge is 0.330 e. The van der Waals surface area contributed by atoms with Crippen LogP contribution in [0, 0.1) is 0 Å². The molecule has 0 bridgehead atoms. The van der Waals surface area contributed by atoms with Crippen LogP contribution in [0.2, 0.25) is 0 Å². The molecule has 0 aliphatic rings. The second-order valence-electron chi connectivity index (χ2n) is 1.88. The maximum Gasteiger partial charge on any atom is 0.330 e. The summed E-state index contributed by atoms with van der Waals surface area (Å²) in [5.41, 5.74) is 0. The number of carbonyl (C=O) groups excluding carboxylic acids is 1. The van der Waals surface area contributed by atoms with Gasteiger partial charge in [0.25, 0.3) is 0 Å². The molecule has 0 saturated carbocycles. The van der Waals surface area contributed by atoms with Crippen LogP contribution in [0.5, 0.6) is 0 Å². The second-order valence-corrected chi connectivity index (χ2v) is 3.16. The summed E-state index contributed by atoms with van der Waals surface area (Å²) in [6.07, 6.45) is 3.15. The van der Waals surface area contributed by atoms with Gasteiger partial charge in [-0.2, -0.15) is 11.8 Å². The first-order chi connectivity index (χ1) is 4.70. The minimum absolute atomic E-state index is 0.346. The fraction of sp³-hybridized carbons (Fsp3) is 0.571. The van der Waals surface area contributed by atoms with Crippen molar-refractivity contribution in [3.63, 3.8) is 0 Å². The first-order valence-electron chi connectivity index (χ1n) is 3.02. The lowest BCUT2D eigenvalue weighted by Gasteiger charge is -2.06. The highest BCUT2D eigenvalue weighted by atomic mass is 32.2. The van der Waals surface area contributed by atoms with Crippen LogP contribution in [-0.4, -0.2) is 24.1 Å². The Morgan fingerprint density at radius 2 is 2.50 bits per heavy atom. The van der Waals surface area contributed by atoms with Crippen LogP contribution in [0.3, 0.4) is 0 Å². The predicted octanol–water partition coefficient (Wildman–Crippen LogP) is 1.47. The average Bonchev–Trinajstić information content (AvgIpc) is 1.99. The lowest BCUT2D eigenvalue weighted by Crippen LogP contribution is -2.10. The first-order valence-corrected chi connectivity index (χ1v) is 4.31. The zero-order valence-corrected chi connectivity index (χ0v) is 7.11. The van der Waals surface area contributed by atoms with Crippen LogP contribution in [-0.2, 0) is 9.53 Å². The minimum Gasteiger partial charge on any atom is -0.461 e. The lowest BCUT2D eigenvalue weighted by molar-refractivity contribution is -0.137. The third-order valence-corrected chi connectivity index (χ3v) is 1.97. The molecule has 0 rings (SSSR count). The van der Waals surface area contributed by atoms with Gasteiger partial charge in [0.2, 0.25) is 0 Å². The van der Waals surface area contributed by atoms with Gasteiger partial charge < -0.3 is 4.74 Å². The van der Waals surface area contributed by atoms with Gasteiger partial charge in [-0.15, -0.1) is 0 Å². The van der Waals surface area contributed by atoms with Crippen molar-refractivity contribution in [3.8, 4) is 0 Å². The van der Waals surface area contributed by atoms with Gasteiger partial charge >= 0.3 is 5.97 Å². The van der Waals surface area contributed by atoms with E-state index in [1.807, 2.05) is 13.2 Å². The van der Waals surface area contributed by atoms with E-state index in [9.17, 15) is 4.79 Å². The van der Waals surface area contributed by atoms with Crippen LogP contribution in [0.4, 0.5) is 0 Å². The Morgan fingerprint density at radius 3 is 2.90 bits per heavy atom. The van der Waals surface area contributed by atoms with Crippen molar-refractivity contribution in [1.82, 2.24) is 0 Å². The molecule has 0 aliphatic carbocycles. The van der Waals surface area contributed by atoms with Crippen molar-refractivity contribution < 1.29 is 9.53 Å². The van der Waals surface area contributed by atoms with Crippen molar-refractivity contribution in [2.45, 2.75) is 12.2 Å². The van der Waals surface area contributed by atoms with E-state index in [0.717, 1.165) is 0 Å². The topological polar surface area (TPSA) is 26.3 Å². The van der Waals surface area contributed by atoms with E-state index in [4.69, 9.17) is 4.74 Å². The summed E-state index contributed by atoms with van der Waals surface area (Å²) < 4.78 is 4.77. The van der Waals surface area contributed by atoms with Gasteiger partial charge in [0, 0.05) is 11.3 Å². The minimum atomic E-state index is -0.346. The van der Waals surface area contributed by atoms with Crippen LogP contribution < -0.4 is 0 Å². The van der Waals surface area contributed by atoms with Crippen molar-refractivity contribution >= 4 is 17.7 Å². The average molecular weight is 160 g/mol. The number of carbonyl (C=O) groups is 1. The monoisotopic (exact) mass is 160 g/mol. The van der Waals surface area contributed by atoms with Gasteiger partial charge in [0.15, 0.2) is 0 Å². The SMILES string of the molecule is C=CC(=O)OCC(C)SC. The zero-order chi connectivity index (χ0) is 7.98. The van der Waals surface area contributed by atoms with Gasteiger partial charge in [0.05, 0.1) is 0 Å². The molecule has 0 aromatic carbocycles. The molecule has 0 spiro atoms. The van der Waals surface area contributed by atoms with E-state index in [-0.39, 0.29) is 5.97 Å². The summed E-state index contributed by atoms with van der Waals surface area (Å²) in [7, 11) is 0. The van der Waals surface area contributed by atoms with Crippen LogP contribution in [0.25, 0.3) is 0 Å². The summed E-state index contributed by atoms with van der Waals surface area (Å²) in [5, 5.41) is 0.365. The standard InChI is InChI=1S/C7H12O2S/c1-4-7(8)9-5-6(2)10-3/h4,6H,1,5H2,2-3H3. The van der Waals surface area contributed by atoms with Crippen molar-refractivity contribution in [1.29, 1.82) is 0 Å². The second kappa shape index (κ2) is 5.35. The molecule has 1 unspecified atom stereocenters. The molecule has 0 aliphatic heterocycles. The van der Waals surface area contributed by atoms with E-state index in [0.29, 0.717) is 11.9 Å². The van der Waals surface area contributed by atoms with Gasteiger partial charge in [-0.25, -0.2) is 4.79 Å². The number of ether oxygens (including phenoxy) is 1. The molecule has 3 heteroatoms. The van der Waals surface area contributed by atoms with E-state index >= 15 is 0 Å². The molecule has 10 heavy (non-hydrogen) atoms. The third kappa shape index (κ3) is 4.44. The molecular formula is C7H12O2S. The molecule has 0 saturated heterocycles. The normalized spacial score (nSPS) is 12.2. The van der Waals surface area contributed by atoms with Gasteiger partial charge in [-0.05, 0) is 6.26 Å². The molecule has 0 N–H and O–H groups in total. The van der Waals surface area contributed by atoms with Crippen molar-refractivity contribution in [2.75, 3.05) is 12.9 Å². The Labute approximate surface area is 65.6 Å². The Bertz CT molecular complexity index is 123. The molecule has 58 valence electrons. The summed E-state index contributed by atoms with van der Waals surface area (Å²) in [5.74, 6) is -0.346. The van der Waals surface area contributed by atoms with E-state index < -0.39 is 0 Å². The molecule has 0 aromatic heterocycles. The largest absolute Gasteiger partial charge is 0.461 e. The molecule has 0 amide bonds. The fourth-order valence-corrected chi connectivity index (χ4v) is 0.531. The Balaban J connectivity index is 3.34. The molecule has 0 heterocycles. The highest BCUT2D eigenvalue weighted by molar-refractivity contribution is 7.99. The number of esters is 1.